The topological polar surface area (TPSA) is 56.7 Å². The van der Waals surface area contributed by atoms with E-state index >= 15 is 0 Å². The van der Waals surface area contributed by atoms with Gasteiger partial charge in [0.1, 0.15) is 5.82 Å². The highest BCUT2D eigenvalue weighted by molar-refractivity contribution is 14.1. The number of hydrogen-bond acceptors (Lipinski definition) is 4. The number of nitrogen functional groups attached to an aromatic ring is 1. The summed E-state index contributed by atoms with van der Waals surface area (Å²) >= 11 is 3.86. The smallest absolute Gasteiger partial charge is 0.135 e. The maximum absolute atomic E-state index is 5.93. The summed E-state index contributed by atoms with van der Waals surface area (Å²) in [6, 6.07) is 0. The zero-order chi connectivity index (χ0) is 11.0. The first-order valence-electron chi connectivity index (χ1n) is 4.47. The summed E-state index contributed by atoms with van der Waals surface area (Å²) in [6.45, 7) is 4.61. The van der Waals surface area contributed by atoms with Gasteiger partial charge in [-0.2, -0.15) is 5.10 Å². The molecule has 0 atom stereocenters. The van der Waals surface area contributed by atoms with Gasteiger partial charge in [-0.25, -0.2) is 9.67 Å². The number of nitrogens with two attached hydrogens (primary N) is 1. The Labute approximate surface area is 106 Å². The molecular formula is C9H11IN4S. The lowest BCUT2D eigenvalue weighted by atomic mass is 10.4. The van der Waals surface area contributed by atoms with E-state index in [4.69, 9.17) is 5.73 Å². The molecule has 0 aromatic carbocycles. The van der Waals surface area contributed by atoms with Crippen LogP contribution in [0.1, 0.15) is 16.4 Å². The van der Waals surface area contributed by atoms with Crippen molar-refractivity contribution in [2.24, 2.45) is 0 Å². The third kappa shape index (κ3) is 2.15. The highest BCUT2D eigenvalue weighted by Crippen LogP contribution is 2.19. The lowest BCUT2D eigenvalue weighted by molar-refractivity contribution is 0.677. The van der Waals surface area contributed by atoms with Gasteiger partial charge in [0.15, 0.2) is 0 Å². The van der Waals surface area contributed by atoms with Crippen molar-refractivity contribution in [1.82, 2.24) is 14.8 Å². The van der Waals surface area contributed by atoms with E-state index in [9.17, 15) is 0 Å². The van der Waals surface area contributed by atoms with Crippen molar-refractivity contribution < 1.29 is 0 Å². The second kappa shape index (κ2) is 4.09. The summed E-state index contributed by atoms with van der Waals surface area (Å²) in [5, 5.41) is 7.47. The first-order chi connectivity index (χ1) is 7.08. The minimum absolute atomic E-state index is 0.653. The average Bonchev–Trinajstić information content (AvgIpc) is 2.68. The molecule has 15 heavy (non-hydrogen) atoms. The van der Waals surface area contributed by atoms with Gasteiger partial charge in [0.05, 0.1) is 26.5 Å². The predicted molar refractivity (Wildman–Crippen MR) is 70.0 cm³/mol. The van der Waals surface area contributed by atoms with Gasteiger partial charge in [0.2, 0.25) is 0 Å². The van der Waals surface area contributed by atoms with E-state index < -0.39 is 0 Å². The first-order valence-corrected chi connectivity index (χ1v) is 6.43. The zero-order valence-corrected chi connectivity index (χ0v) is 11.5. The highest BCUT2D eigenvalue weighted by Gasteiger charge is 2.10. The van der Waals surface area contributed by atoms with E-state index in [1.807, 2.05) is 19.2 Å². The molecule has 0 aliphatic heterocycles. The molecule has 2 heterocycles. The molecule has 0 aliphatic carbocycles. The lowest BCUT2D eigenvalue weighted by Gasteiger charge is -2.00. The summed E-state index contributed by atoms with van der Waals surface area (Å²) in [5.74, 6) is 0.721. The second-order valence-electron chi connectivity index (χ2n) is 3.30. The number of rotatable bonds is 2. The van der Waals surface area contributed by atoms with Gasteiger partial charge in [0, 0.05) is 5.38 Å². The number of thiazole rings is 1. The molecule has 2 aromatic rings. The van der Waals surface area contributed by atoms with Crippen LogP contribution >= 0.6 is 33.9 Å². The number of aryl methyl sites for hydroxylation is 2. The van der Waals surface area contributed by atoms with Crippen LogP contribution in [0.3, 0.4) is 0 Å². The van der Waals surface area contributed by atoms with Crippen LogP contribution in [0.4, 0.5) is 5.82 Å². The maximum atomic E-state index is 5.93. The van der Waals surface area contributed by atoms with Crippen LogP contribution < -0.4 is 5.73 Å². The summed E-state index contributed by atoms with van der Waals surface area (Å²) in [7, 11) is 0. The number of halogens is 1. The molecule has 80 valence electrons. The Hall–Kier alpha value is -0.630. The van der Waals surface area contributed by atoms with E-state index in [-0.39, 0.29) is 0 Å². The van der Waals surface area contributed by atoms with E-state index in [2.05, 4.69) is 32.7 Å². The van der Waals surface area contributed by atoms with Crippen LogP contribution in [0.25, 0.3) is 0 Å². The molecule has 0 saturated heterocycles. The molecule has 0 bridgehead atoms. The van der Waals surface area contributed by atoms with Gasteiger partial charge in [-0.05, 0) is 36.4 Å². The molecule has 0 fully saturated rings. The summed E-state index contributed by atoms with van der Waals surface area (Å²) < 4.78 is 2.82. The standard InChI is InChI=1S/C9H11IN4S/c1-5-8(10)9(11)14(13-5)3-7-4-15-6(2)12-7/h4H,3,11H2,1-2H3. The number of nitrogens with zero attached hydrogens (tertiary/aromatic N) is 3. The second-order valence-corrected chi connectivity index (χ2v) is 5.44. The maximum Gasteiger partial charge on any atom is 0.135 e. The number of aromatic nitrogens is 3. The minimum atomic E-state index is 0.653. The molecular weight excluding hydrogens is 323 g/mol. The molecule has 4 nitrogen and oxygen atoms in total. The van der Waals surface area contributed by atoms with E-state index in [0.29, 0.717) is 6.54 Å². The Kier molecular flexibility index (Phi) is 2.96. The van der Waals surface area contributed by atoms with E-state index in [0.717, 1.165) is 25.8 Å². The van der Waals surface area contributed by atoms with Crippen molar-refractivity contribution in [2.75, 3.05) is 5.73 Å². The monoisotopic (exact) mass is 334 g/mol. The van der Waals surface area contributed by atoms with Crippen molar-refractivity contribution in [3.05, 3.63) is 25.3 Å². The number of hydrogen-bond donors (Lipinski definition) is 1. The minimum Gasteiger partial charge on any atom is -0.383 e. The fraction of sp³-hybridized carbons (Fsp3) is 0.333. The van der Waals surface area contributed by atoms with Gasteiger partial charge in [-0.1, -0.05) is 0 Å². The Morgan fingerprint density at radius 1 is 1.53 bits per heavy atom. The van der Waals surface area contributed by atoms with Crippen LogP contribution in [0, 0.1) is 17.4 Å². The Balaban J connectivity index is 2.28. The van der Waals surface area contributed by atoms with Crippen LogP contribution in [0.15, 0.2) is 5.38 Å². The molecule has 0 radical (unpaired) electrons. The quantitative estimate of drug-likeness (QED) is 0.857. The number of anilines is 1. The first kappa shape index (κ1) is 10.9. The molecule has 2 aromatic heterocycles. The molecule has 0 spiro atoms. The van der Waals surface area contributed by atoms with Crippen LogP contribution in [0.5, 0.6) is 0 Å². The molecule has 0 unspecified atom stereocenters. The molecule has 0 aliphatic rings. The van der Waals surface area contributed by atoms with Gasteiger partial charge in [-0.3, -0.25) is 0 Å². The Bertz CT molecular complexity index is 488. The van der Waals surface area contributed by atoms with Crippen LogP contribution in [-0.4, -0.2) is 14.8 Å². The fourth-order valence-electron chi connectivity index (χ4n) is 1.33. The summed E-state index contributed by atoms with van der Waals surface area (Å²) in [6.07, 6.45) is 0. The van der Waals surface area contributed by atoms with Crippen molar-refractivity contribution in [1.29, 1.82) is 0 Å². The summed E-state index contributed by atoms with van der Waals surface area (Å²) in [5.41, 5.74) is 7.92. The van der Waals surface area contributed by atoms with Gasteiger partial charge >= 0.3 is 0 Å². The van der Waals surface area contributed by atoms with Gasteiger partial charge < -0.3 is 5.73 Å². The normalized spacial score (nSPS) is 10.9. The largest absolute Gasteiger partial charge is 0.383 e. The SMILES string of the molecule is Cc1nc(Cn2nc(C)c(I)c2N)cs1. The van der Waals surface area contributed by atoms with Crippen molar-refractivity contribution in [3.63, 3.8) is 0 Å². The molecule has 0 amide bonds. The third-order valence-electron chi connectivity index (χ3n) is 2.07. The fourth-order valence-corrected chi connectivity index (χ4v) is 2.32. The molecule has 2 rings (SSSR count). The van der Waals surface area contributed by atoms with Crippen LogP contribution in [0.2, 0.25) is 0 Å². The average molecular weight is 334 g/mol. The Morgan fingerprint density at radius 2 is 2.27 bits per heavy atom. The van der Waals surface area contributed by atoms with Crippen molar-refractivity contribution in [2.45, 2.75) is 20.4 Å². The molecule has 2 N–H and O–H groups in total. The lowest BCUT2D eigenvalue weighted by Crippen LogP contribution is -2.06. The zero-order valence-electron chi connectivity index (χ0n) is 8.49. The van der Waals surface area contributed by atoms with Gasteiger partial charge in [-0.15, -0.1) is 11.3 Å². The van der Waals surface area contributed by atoms with E-state index in [1.54, 1.807) is 16.0 Å². The Morgan fingerprint density at radius 3 is 2.73 bits per heavy atom. The van der Waals surface area contributed by atoms with Crippen molar-refractivity contribution in [3.8, 4) is 0 Å². The van der Waals surface area contributed by atoms with E-state index in [1.165, 1.54) is 0 Å². The predicted octanol–water partition coefficient (Wildman–Crippen LogP) is 2.19. The van der Waals surface area contributed by atoms with Gasteiger partial charge in [0.25, 0.3) is 0 Å². The van der Waals surface area contributed by atoms with Crippen LogP contribution in [-0.2, 0) is 6.54 Å². The third-order valence-corrected chi connectivity index (χ3v) is 4.23. The van der Waals surface area contributed by atoms with Crippen molar-refractivity contribution >= 4 is 39.7 Å². The summed E-state index contributed by atoms with van der Waals surface area (Å²) in [4.78, 5) is 4.39. The molecule has 0 saturated carbocycles. The highest BCUT2D eigenvalue weighted by atomic mass is 127. The molecule has 6 heteroatoms.